The minimum absolute atomic E-state index is 0.0932. The zero-order valence-electron chi connectivity index (χ0n) is 37.5. The fraction of sp³-hybridized carbons (Fsp3) is 0.511. The molecule has 0 spiro atoms. The quantitative estimate of drug-likeness (QED) is 0.166. The number of carbonyl (C=O) groups excluding carboxylic acids is 4. The highest BCUT2D eigenvalue weighted by Crippen LogP contribution is 2.38. The Hall–Kier alpha value is -5.78. The van der Waals surface area contributed by atoms with Gasteiger partial charge in [0, 0.05) is 92.7 Å². The minimum Gasteiger partial charge on any atom is -0.478 e. The summed E-state index contributed by atoms with van der Waals surface area (Å²) in [6.45, 7) is 11.8. The van der Waals surface area contributed by atoms with Gasteiger partial charge < -0.3 is 39.4 Å². The highest BCUT2D eigenvalue weighted by molar-refractivity contribution is 6.33. The molecular weight excluding hydrogens is 852 g/mol. The molecule has 4 aliphatic heterocycles. The first kappa shape index (κ1) is 44.4. The molecule has 3 saturated heterocycles. The molecule has 4 aromatic rings. The molecule has 17 nitrogen and oxygen atoms in total. The van der Waals surface area contributed by atoms with Gasteiger partial charge in [-0.1, -0.05) is 11.6 Å². The van der Waals surface area contributed by atoms with Gasteiger partial charge in [-0.25, -0.2) is 4.98 Å². The molecule has 1 aliphatic carbocycles. The van der Waals surface area contributed by atoms with E-state index in [1.807, 2.05) is 44.2 Å². The Morgan fingerprint density at radius 3 is 2.42 bits per heavy atom. The number of likely N-dealkylation sites (N-methyl/N-ethyl adjacent to an activating group) is 1. The van der Waals surface area contributed by atoms with Crippen molar-refractivity contribution >= 4 is 69.3 Å². The zero-order chi connectivity index (χ0) is 45.7. The van der Waals surface area contributed by atoms with Crippen molar-refractivity contribution in [3.8, 4) is 5.75 Å². The number of nitrogens with zero attached hydrogens (tertiary/aromatic N) is 7. The Morgan fingerprint density at radius 2 is 1.71 bits per heavy atom. The maximum Gasteiger partial charge on any atom is 0.293 e. The number of pyridine rings is 1. The molecule has 5 aliphatic rings. The zero-order valence-corrected chi connectivity index (χ0v) is 38.3. The first-order valence-corrected chi connectivity index (χ1v) is 23.1. The fourth-order valence-corrected chi connectivity index (χ4v) is 10.5. The second-order valence-electron chi connectivity index (χ2n) is 18.4. The number of benzene rings is 2. The maximum absolute atomic E-state index is 13.3. The molecule has 3 atom stereocenters. The summed E-state index contributed by atoms with van der Waals surface area (Å²) in [5, 5.41) is 9.36. The number of hydrogen-bond acceptors (Lipinski definition) is 13. The third kappa shape index (κ3) is 8.97. The molecule has 2 aromatic carbocycles. The second kappa shape index (κ2) is 18.2. The molecule has 344 valence electrons. The summed E-state index contributed by atoms with van der Waals surface area (Å²) in [5.74, 6) is -0.0152. The standard InChI is InChI=1S/C47H57ClN10O7/c1-26(2)57-38-9-6-31(16-29(38)18-40(46(57)63)64-25-42(60)49-5)51-43-37(48)21-50-47(53-43)54-14-12-34(13-15-54)65-35-19-33(20-35)58-27(3)22-55(23-28(58)4)32-7-8-36-30(17-32)24-56(45(36)62)39-10-11-41(59)52-44(39)61/h6-9,16-18,21,26-28,33-35,39H,10-15,19-20,22-25H2,1-5H3,(H,49,60)(H,50,51,53)(H,52,59,61)/t27-,28-,33-,35-,39?/m1/s1. The molecule has 0 radical (unpaired) electrons. The average molecular weight is 909 g/mol. The molecule has 18 heteroatoms. The van der Waals surface area contributed by atoms with E-state index >= 15 is 0 Å². The number of nitrogens with one attached hydrogen (secondary N) is 3. The van der Waals surface area contributed by atoms with Crippen LogP contribution in [0.1, 0.15) is 88.2 Å². The van der Waals surface area contributed by atoms with E-state index in [2.05, 4.69) is 55.5 Å². The number of rotatable bonds is 12. The van der Waals surface area contributed by atoms with Gasteiger partial charge in [0.15, 0.2) is 18.2 Å². The van der Waals surface area contributed by atoms with E-state index in [-0.39, 0.29) is 60.3 Å². The van der Waals surface area contributed by atoms with Crippen molar-refractivity contribution in [3.05, 3.63) is 75.2 Å². The molecular formula is C47H57ClN10O7. The SMILES string of the molecule is CNC(=O)COc1cc2cc(Nc3nc(N4CCC(O[C@H]5C[C@H](N6[C@H](C)CN(c7ccc8c(c7)CN(C7CCC(=O)NC7=O)C8=O)C[C@H]6C)C5)CC4)ncc3Cl)ccc2n(C(C)C)c1=O. The van der Waals surface area contributed by atoms with Crippen LogP contribution >= 0.6 is 11.6 Å². The number of imide groups is 1. The number of halogens is 1. The molecule has 9 rings (SSSR count). The first-order chi connectivity index (χ1) is 31.2. The van der Waals surface area contributed by atoms with Gasteiger partial charge >= 0.3 is 0 Å². The van der Waals surface area contributed by atoms with E-state index in [0.29, 0.717) is 59.1 Å². The summed E-state index contributed by atoms with van der Waals surface area (Å²) in [7, 11) is 1.52. The van der Waals surface area contributed by atoms with E-state index < -0.39 is 11.9 Å². The average Bonchev–Trinajstić information content (AvgIpc) is 3.59. The number of fused-ring (bicyclic) bond motifs is 2. The second-order valence-corrected chi connectivity index (χ2v) is 18.8. The topological polar surface area (TPSA) is 184 Å². The third-order valence-electron chi connectivity index (χ3n) is 13.6. The van der Waals surface area contributed by atoms with Crippen LogP contribution in [-0.2, 0) is 25.7 Å². The fourth-order valence-electron chi connectivity index (χ4n) is 10.3. The Labute approximate surface area is 382 Å². The number of ether oxygens (including phenoxy) is 2. The van der Waals surface area contributed by atoms with Gasteiger partial charge in [-0.3, -0.25) is 34.2 Å². The largest absolute Gasteiger partial charge is 0.478 e. The summed E-state index contributed by atoms with van der Waals surface area (Å²) >= 11 is 6.62. The first-order valence-electron chi connectivity index (χ1n) is 22.8. The Morgan fingerprint density at radius 1 is 0.954 bits per heavy atom. The van der Waals surface area contributed by atoms with Gasteiger partial charge in [-0.05, 0) is 108 Å². The van der Waals surface area contributed by atoms with Gasteiger partial charge in [-0.15, -0.1) is 0 Å². The van der Waals surface area contributed by atoms with Crippen molar-refractivity contribution in [2.24, 2.45) is 0 Å². The number of piperidine rings is 2. The Kier molecular flexibility index (Phi) is 12.5. The summed E-state index contributed by atoms with van der Waals surface area (Å²) in [5.41, 5.74) is 3.79. The number of piperazine rings is 1. The van der Waals surface area contributed by atoms with Gasteiger partial charge in [0.2, 0.25) is 17.8 Å². The van der Waals surface area contributed by atoms with Gasteiger partial charge in [0.25, 0.3) is 17.4 Å². The van der Waals surface area contributed by atoms with Crippen LogP contribution < -0.4 is 36.0 Å². The minimum atomic E-state index is -0.620. The van der Waals surface area contributed by atoms with Crippen molar-refractivity contribution in [2.45, 2.75) is 115 Å². The Balaban J connectivity index is 0.761. The molecule has 65 heavy (non-hydrogen) atoms. The third-order valence-corrected chi connectivity index (χ3v) is 13.9. The molecule has 4 amide bonds. The molecule has 6 heterocycles. The van der Waals surface area contributed by atoms with E-state index in [1.54, 1.807) is 21.7 Å². The van der Waals surface area contributed by atoms with Crippen LogP contribution in [0.5, 0.6) is 5.75 Å². The monoisotopic (exact) mass is 908 g/mol. The molecule has 0 bridgehead atoms. The van der Waals surface area contributed by atoms with E-state index in [9.17, 15) is 24.0 Å². The number of anilines is 4. The molecule has 1 saturated carbocycles. The maximum atomic E-state index is 13.3. The van der Waals surface area contributed by atoms with Crippen LogP contribution in [0.4, 0.5) is 23.1 Å². The van der Waals surface area contributed by atoms with E-state index in [1.165, 1.54) is 7.05 Å². The summed E-state index contributed by atoms with van der Waals surface area (Å²) in [6, 6.07) is 13.7. The highest BCUT2D eigenvalue weighted by atomic mass is 35.5. The number of aromatic nitrogens is 3. The normalized spacial score (nSPS) is 24.0. The van der Waals surface area contributed by atoms with Crippen LogP contribution in [0.2, 0.25) is 5.02 Å². The van der Waals surface area contributed by atoms with E-state index in [4.69, 9.17) is 26.1 Å². The van der Waals surface area contributed by atoms with Gasteiger partial charge in [0.05, 0.1) is 23.9 Å². The predicted octanol–water partition coefficient (Wildman–Crippen LogP) is 4.77. The number of amides is 4. The van der Waals surface area contributed by atoms with Crippen molar-refractivity contribution in [2.75, 3.05) is 55.0 Å². The van der Waals surface area contributed by atoms with Gasteiger partial charge in [0.1, 0.15) is 11.1 Å². The summed E-state index contributed by atoms with van der Waals surface area (Å²) < 4.78 is 14.0. The van der Waals surface area contributed by atoms with Crippen molar-refractivity contribution in [1.29, 1.82) is 0 Å². The number of hydrogen-bond donors (Lipinski definition) is 3. The van der Waals surface area contributed by atoms with Crippen LogP contribution in [-0.4, -0.2) is 124 Å². The van der Waals surface area contributed by atoms with Crippen LogP contribution in [0.3, 0.4) is 0 Å². The van der Waals surface area contributed by atoms with Crippen LogP contribution in [0.25, 0.3) is 10.9 Å². The van der Waals surface area contributed by atoms with Crippen LogP contribution in [0.15, 0.2) is 53.5 Å². The van der Waals surface area contributed by atoms with Crippen molar-refractivity contribution in [3.63, 3.8) is 0 Å². The lowest BCUT2D eigenvalue weighted by molar-refractivity contribution is -0.137. The Bertz CT molecular complexity index is 2560. The lowest BCUT2D eigenvalue weighted by atomic mass is 9.84. The lowest BCUT2D eigenvalue weighted by Crippen LogP contribution is -2.63. The van der Waals surface area contributed by atoms with Crippen molar-refractivity contribution < 1.29 is 28.7 Å². The predicted molar refractivity (Wildman–Crippen MR) is 247 cm³/mol. The summed E-state index contributed by atoms with van der Waals surface area (Å²) in [6.07, 6.45) is 6.35. The lowest BCUT2D eigenvalue weighted by Gasteiger charge is -2.53. The summed E-state index contributed by atoms with van der Waals surface area (Å²) in [4.78, 5) is 80.9. The smallest absolute Gasteiger partial charge is 0.293 e. The van der Waals surface area contributed by atoms with Crippen LogP contribution in [0, 0.1) is 0 Å². The van der Waals surface area contributed by atoms with Gasteiger partial charge in [-0.2, -0.15) is 4.98 Å². The molecule has 2 aromatic heterocycles. The number of carbonyl (C=O) groups is 4. The van der Waals surface area contributed by atoms with E-state index in [0.717, 1.165) is 74.0 Å². The van der Waals surface area contributed by atoms with Crippen molar-refractivity contribution in [1.82, 2.24) is 35.0 Å². The molecule has 3 N–H and O–H groups in total. The molecule has 1 unspecified atom stereocenters. The highest BCUT2D eigenvalue weighted by Gasteiger charge is 2.43. The molecule has 4 fully saturated rings.